The number of morpholine rings is 1. The van der Waals surface area contributed by atoms with Crippen LogP contribution in [0.2, 0.25) is 5.28 Å². The van der Waals surface area contributed by atoms with E-state index in [1.807, 2.05) is 0 Å². The Labute approximate surface area is 193 Å². The van der Waals surface area contributed by atoms with E-state index in [9.17, 15) is 8.42 Å². The zero-order chi connectivity index (χ0) is 21.4. The minimum atomic E-state index is -3.32. The summed E-state index contributed by atoms with van der Waals surface area (Å²) in [5.74, 6) is 0.878. The van der Waals surface area contributed by atoms with E-state index >= 15 is 0 Å². The summed E-state index contributed by atoms with van der Waals surface area (Å²) in [6, 6.07) is 2.08. The fourth-order valence-corrected chi connectivity index (χ4v) is 8.22. The largest absolute Gasteiger partial charge is 0.378 e. The average Bonchev–Trinajstić information content (AvgIpc) is 3.44. The first-order chi connectivity index (χ1) is 15.0. The van der Waals surface area contributed by atoms with Crippen molar-refractivity contribution in [2.24, 2.45) is 0 Å². The van der Waals surface area contributed by atoms with Gasteiger partial charge in [0.25, 0.3) is 0 Å². The molecule has 31 heavy (non-hydrogen) atoms. The predicted octanol–water partition coefficient (Wildman–Crippen LogP) is 3.08. The van der Waals surface area contributed by atoms with Gasteiger partial charge in [-0.25, -0.2) is 18.4 Å². The van der Waals surface area contributed by atoms with Crippen molar-refractivity contribution in [1.82, 2.24) is 19.9 Å². The highest BCUT2D eigenvalue weighted by Crippen LogP contribution is 2.34. The number of sulfone groups is 1. The van der Waals surface area contributed by atoms with E-state index in [4.69, 9.17) is 16.3 Å². The van der Waals surface area contributed by atoms with Gasteiger partial charge in [-0.05, 0) is 43.6 Å². The van der Waals surface area contributed by atoms with Crippen molar-refractivity contribution < 1.29 is 13.2 Å². The molecule has 5 heterocycles. The number of rotatable bonds is 5. The molecule has 2 saturated heterocycles. The van der Waals surface area contributed by atoms with Crippen LogP contribution >= 0.6 is 34.3 Å². The van der Waals surface area contributed by atoms with Gasteiger partial charge in [-0.15, -0.1) is 22.7 Å². The molecule has 2 fully saturated rings. The van der Waals surface area contributed by atoms with Crippen molar-refractivity contribution in [1.29, 1.82) is 0 Å². The molecule has 2 aliphatic rings. The maximum Gasteiger partial charge on any atom is 0.224 e. The maximum atomic E-state index is 12.7. The number of hydrogen-bond donors (Lipinski definition) is 0. The number of thiophene rings is 1. The summed E-state index contributed by atoms with van der Waals surface area (Å²) in [6.07, 6.45) is 2.80. The highest BCUT2D eigenvalue weighted by molar-refractivity contribution is 7.93. The van der Waals surface area contributed by atoms with Gasteiger partial charge in [0.05, 0.1) is 28.7 Å². The normalized spacial score (nSPS) is 19.3. The first-order valence-corrected chi connectivity index (χ1v) is 13.8. The lowest BCUT2D eigenvalue weighted by Crippen LogP contribution is -2.38. The third-order valence-corrected chi connectivity index (χ3v) is 10.5. The van der Waals surface area contributed by atoms with Crippen molar-refractivity contribution in [3.8, 4) is 0 Å². The van der Waals surface area contributed by atoms with E-state index in [1.165, 1.54) is 16.2 Å². The Kier molecular flexibility index (Phi) is 6.15. The van der Waals surface area contributed by atoms with Gasteiger partial charge < -0.3 is 9.64 Å². The summed E-state index contributed by atoms with van der Waals surface area (Å²) in [4.78, 5) is 18.6. The molecule has 12 heteroatoms. The van der Waals surface area contributed by atoms with Gasteiger partial charge in [-0.3, -0.25) is 4.90 Å². The number of hydrogen-bond acceptors (Lipinski definition) is 10. The smallest absolute Gasteiger partial charge is 0.224 e. The number of thiazole rings is 1. The van der Waals surface area contributed by atoms with Crippen LogP contribution in [0.5, 0.6) is 0 Å². The molecule has 0 unspecified atom stereocenters. The van der Waals surface area contributed by atoms with E-state index < -0.39 is 9.84 Å². The highest BCUT2D eigenvalue weighted by atomic mass is 35.5. The van der Waals surface area contributed by atoms with Crippen molar-refractivity contribution in [3.05, 3.63) is 27.8 Å². The Hall–Kier alpha value is -1.37. The van der Waals surface area contributed by atoms with E-state index in [2.05, 4.69) is 30.8 Å². The number of fused-ring (bicyclic) bond motifs is 1. The van der Waals surface area contributed by atoms with Crippen molar-refractivity contribution in [2.45, 2.75) is 29.0 Å². The quantitative estimate of drug-likeness (QED) is 0.495. The molecule has 0 N–H and O–H groups in total. The second-order valence-corrected chi connectivity index (χ2v) is 12.4. The molecule has 166 valence electrons. The predicted molar refractivity (Wildman–Crippen MR) is 123 cm³/mol. The van der Waals surface area contributed by atoms with Gasteiger partial charge in [0, 0.05) is 36.1 Å². The van der Waals surface area contributed by atoms with Crippen LogP contribution in [-0.2, 0) is 21.1 Å². The molecule has 0 atom stereocenters. The molecule has 5 rings (SSSR count). The van der Waals surface area contributed by atoms with Crippen LogP contribution in [0.3, 0.4) is 0 Å². The van der Waals surface area contributed by atoms with Gasteiger partial charge in [-0.1, -0.05) is 0 Å². The molecule has 0 bridgehead atoms. The van der Waals surface area contributed by atoms with E-state index in [0.29, 0.717) is 26.1 Å². The van der Waals surface area contributed by atoms with Crippen LogP contribution in [0.15, 0.2) is 22.0 Å². The number of likely N-dealkylation sites (tertiary alicyclic amines) is 1. The Balaban J connectivity index is 1.29. The van der Waals surface area contributed by atoms with Crippen LogP contribution in [0.1, 0.15) is 17.7 Å². The number of piperidine rings is 1. The third-order valence-electron chi connectivity index (χ3n) is 5.69. The summed E-state index contributed by atoms with van der Waals surface area (Å²) in [5.41, 5.74) is 0.864. The third kappa shape index (κ3) is 4.44. The lowest BCUT2D eigenvalue weighted by atomic mass is 10.1. The molecule has 8 nitrogen and oxygen atoms in total. The summed E-state index contributed by atoms with van der Waals surface area (Å²) >= 11 is 9.09. The molecular formula is C19H22ClN5O3S3. The summed E-state index contributed by atoms with van der Waals surface area (Å²) < 4.78 is 32.2. The fourth-order valence-electron chi connectivity index (χ4n) is 4.10. The summed E-state index contributed by atoms with van der Waals surface area (Å²) in [6.45, 7) is 5.19. The SMILES string of the molecule is O=S(=O)(c1nccs1)C1CCN(Cc2cc3nc(Cl)nc(N4CCOCC4)c3s2)CC1. The molecular weight excluding hydrogens is 478 g/mol. The van der Waals surface area contributed by atoms with Gasteiger partial charge >= 0.3 is 0 Å². The standard InChI is InChI=1S/C19H22ClN5O3S3/c20-18-22-15-11-13(30-16(15)17(23-18)25-6-8-28-9-7-25)12-24-4-1-14(2-5-24)31(26,27)19-21-3-10-29-19/h3,10-11,14H,1-2,4-9,12H2. The topological polar surface area (TPSA) is 88.5 Å². The van der Waals surface area contributed by atoms with Crippen molar-refractivity contribution in [3.63, 3.8) is 0 Å². The molecule has 0 amide bonds. The van der Waals surface area contributed by atoms with Gasteiger partial charge in [0.2, 0.25) is 19.5 Å². The maximum absolute atomic E-state index is 12.7. The van der Waals surface area contributed by atoms with Gasteiger partial charge in [-0.2, -0.15) is 4.98 Å². The van der Waals surface area contributed by atoms with Gasteiger partial charge in [0.15, 0.2) is 5.82 Å². The van der Waals surface area contributed by atoms with E-state index in [-0.39, 0.29) is 14.9 Å². The lowest BCUT2D eigenvalue weighted by Gasteiger charge is -2.30. The van der Waals surface area contributed by atoms with Crippen LogP contribution < -0.4 is 4.90 Å². The van der Waals surface area contributed by atoms with E-state index in [0.717, 1.165) is 48.8 Å². The summed E-state index contributed by atoms with van der Waals surface area (Å²) in [5, 5.41) is 1.62. The molecule has 0 radical (unpaired) electrons. The Bertz CT molecular complexity index is 1150. The number of halogens is 1. The lowest BCUT2D eigenvalue weighted by molar-refractivity contribution is 0.122. The van der Waals surface area contributed by atoms with Crippen molar-refractivity contribution >= 4 is 60.1 Å². The van der Waals surface area contributed by atoms with Crippen LogP contribution in [-0.4, -0.2) is 72.9 Å². The number of anilines is 1. The molecule has 2 aliphatic heterocycles. The Morgan fingerprint density at radius 3 is 2.65 bits per heavy atom. The minimum Gasteiger partial charge on any atom is -0.378 e. The zero-order valence-corrected chi connectivity index (χ0v) is 19.9. The Morgan fingerprint density at radius 2 is 1.94 bits per heavy atom. The second kappa shape index (κ2) is 8.87. The molecule has 0 spiro atoms. The van der Waals surface area contributed by atoms with Crippen LogP contribution in [0.4, 0.5) is 5.82 Å². The molecule has 0 saturated carbocycles. The molecule has 3 aromatic heterocycles. The summed E-state index contributed by atoms with van der Waals surface area (Å²) in [7, 11) is -3.32. The average molecular weight is 500 g/mol. The monoisotopic (exact) mass is 499 g/mol. The molecule has 3 aromatic rings. The first kappa shape index (κ1) is 21.5. The highest BCUT2D eigenvalue weighted by Gasteiger charge is 2.33. The van der Waals surface area contributed by atoms with E-state index in [1.54, 1.807) is 22.9 Å². The fraction of sp³-hybridized carbons (Fsp3) is 0.526. The van der Waals surface area contributed by atoms with Gasteiger partial charge in [0.1, 0.15) is 0 Å². The van der Waals surface area contributed by atoms with Crippen LogP contribution in [0, 0.1) is 0 Å². The number of nitrogens with zero attached hydrogens (tertiary/aromatic N) is 5. The second-order valence-electron chi connectivity index (χ2n) is 7.66. The minimum absolute atomic E-state index is 0.238. The first-order valence-electron chi connectivity index (χ1n) is 10.1. The molecule has 0 aromatic carbocycles. The zero-order valence-electron chi connectivity index (χ0n) is 16.7. The number of aromatic nitrogens is 3. The number of ether oxygens (including phenoxy) is 1. The van der Waals surface area contributed by atoms with Crippen molar-refractivity contribution in [2.75, 3.05) is 44.3 Å². The Morgan fingerprint density at radius 1 is 1.16 bits per heavy atom. The molecule has 0 aliphatic carbocycles. The van der Waals surface area contributed by atoms with Crippen LogP contribution in [0.25, 0.3) is 10.2 Å².